The molecule has 0 aliphatic rings. The minimum Gasteiger partial charge on any atom is -0.378 e. The van der Waals surface area contributed by atoms with Crippen molar-refractivity contribution in [2.24, 2.45) is 0 Å². The number of alkyl halides is 2. The minimum atomic E-state index is -2.98. The van der Waals surface area contributed by atoms with Crippen LogP contribution in [0.4, 0.5) is 8.78 Å². The van der Waals surface area contributed by atoms with Gasteiger partial charge in [0.1, 0.15) is 5.60 Å². The quantitative estimate of drug-likeness (QED) is 0.395. The predicted octanol–water partition coefficient (Wildman–Crippen LogP) is 3.84. The molecule has 0 unspecified atom stereocenters. The Labute approximate surface area is 152 Å². The molecule has 0 spiro atoms. The van der Waals surface area contributed by atoms with Gasteiger partial charge in [0.25, 0.3) is 5.91 Å². The summed E-state index contributed by atoms with van der Waals surface area (Å²) in [6.07, 6.45) is 0.0447. The Morgan fingerprint density at radius 2 is 2.00 bits per heavy atom. The fourth-order valence-corrected chi connectivity index (χ4v) is 3.17. The van der Waals surface area contributed by atoms with Gasteiger partial charge in [-0.2, -0.15) is 8.78 Å². The molecule has 0 saturated heterocycles. The topological polar surface area (TPSA) is 49.3 Å². The normalized spacial score (nSPS) is 11.1. The molecule has 2 N–H and O–H groups in total. The fourth-order valence-electron chi connectivity index (χ4n) is 2.35. The molecule has 0 heterocycles. The van der Waals surface area contributed by atoms with E-state index in [1.807, 2.05) is 38.1 Å². The molecule has 0 radical (unpaired) electrons. The van der Waals surface area contributed by atoms with E-state index in [-0.39, 0.29) is 6.54 Å². The molecular formula is C19H25F2NO2S. The summed E-state index contributed by atoms with van der Waals surface area (Å²) in [6, 6.07) is 7.52. The maximum atomic E-state index is 12.1. The number of nitrogens with one attached hydrogen (secondary N) is 1. The van der Waals surface area contributed by atoms with Crippen LogP contribution in [-0.2, 0) is 4.79 Å². The highest BCUT2D eigenvalue weighted by Gasteiger charge is 2.21. The molecule has 0 saturated carbocycles. The van der Waals surface area contributed by atoms with Gasteiger partial charge in [0, 0.05) is 22.8 Å². The van der Waals surface area contributed by atoms with Crippen LogP contribution < -0.4 is 5.32 Å². The Balaban J connectivity index is 2.63. The van der Waals surface area contributed by atoms with Crippen LogP contribution in [-0.4, -0.2) is 35.3 Å². The third kappa shape index (κ3) is 8.37. The first kappa shape index (κ1) is 21.5. The second-order valence-electron chi connectivity index (χ2n) is 5.75. The summed E-state index contributed by atoms with van der Waals surface area (Å²) >= 11 is 1.45. The molecule has 1 aromatic carbocycles. The van der Waals surface area contributed by atoms with Gasteiger partial charge in [-0.1, -0.05) is 44.6 Å². The van der Waals surface area contributed by atoms with Gasteiger partial charge >= 0.3 is 6.43 Å². The van der Waals surface area contributed by atoms with E-state index in [4.69, 9.17) is 0 Å². The van der Waals surface area contributed by atoms with Crippen molar-refractivity contribution in [1.29, 1.82) is 0 Å². The number of thioether (sulfide) groups is 1. The van der Waals surface area contributed by atoms with E-state index in [1.54, 1.807) is 0 Å². The van der Waals surface area contributed by atoms with E-state index >= 15 is 0 Å². The Morgan fingerprint density at radius 1 is 1.32 bits per heavy atom. The van der Waals surface area contributed by atoms with Crippen molar-refractivity contribution >= 4 is 17.7 Å². The smallest absolute Gasteiger partial charge is 0.315 e. The summed E-state index contributed by atoms with van der Waals surface area (Å²) in [5.41, 5.74) is -0.154. The van der Waals surface area contributed by atoms with E-state index in [2.05, 4.69) is 17.2 Å². The standard InChI is InChI=1S/C19H25F2NO2S/c1-3-9-19(24,10-4-2)11-8-15-6-5-7-16(14-15)25-13-12-22-18(23)17(20)21/h5-7,14,17,24H,3-4,9-10,12-13H2,1-2H3,(H,22,23). The Hall–Kier alpha value is -1.58. The van der Waals surface area contributed by atoms with Gasteiger partial charge < -0.3 is 10.4 Å². The maximum Gasteiger partial charge on any atom is 0.315 e. The highest BCUT2D eigenvalue weighted by atomic mass is 32.2. The lowest BCUT2D eigenvalue weighted by Crippen LogP contribution is -2.31. The lowest BCUT2D eigenvalue weighted by atomic mass is 9.93. The molecule has 0 aliphatic heterocycles. The molecule has 6 heteroatoms. The summed E-state index contributed by atoms with van der Waals surface area (Å²) in [4.78, 5) is 11.7. The number of carbonyl (C=O) groups excluding carboxylic acids is 1. The SMILES string of the molecule is CCCC(O)(C#Cc1cccc(SCCNC(=O)C(F)F)c1)CCC. The molecule has 1 rings (SSSR count). The Morgan fingerprint density at radius 3 is 2.60 bits per heavy atom. The van der Waals surface area contributed by atoms with Gasteiger partial charge in [-0.25, -0.2) is 0 Å². The number of hydrogen-bond acceptors (Lipinski definition) is 3. The van der Waals surface area contributed by atoms with Gasteiger partial charge in [0.05, 0.1) is 0 Å². The summed E-state index contributed by atoms with van der Waals surface area (Å²) in [5, 5.41) is 12.7. The predicted molar refractivity (Wildman–Crippen MR) is 97.8 cm³/mol. The third-order valence-corrected chi connectivity index (χ3v) is 4.46. The highest BCUT2D eigenvalue weighted by Crippen LogP contribution is 2.20. The summed E-state index contributed by atoms with van der Waals surface area (Å²) in [7, 11) is 0. The van der Waals surface area contributed by atoms with Crippen LogP contribution in [0.5, 0.6) is 0 Å². The Kier molecular flexibility index (Phi) is 9.54. The number of benzene rings is 1. The van der Waals surface area contributed by atoms with Gasteiger partial charge in [-0.3, -0.25) is 4.79 Å². The van der Waals surface area contributed by atoms with Crippen molar-refractivity contribution in [2.75, 3.05) is 12.3 Å². The van der Waals surface area contributed by atoms with Crippen molar-refractivity contribution in [3.05, 3.63) is 29.8 Å². The lowest BCUT2D eigenvalue weighted by Gasteiger charge is -2.20. The Bertz CT molecular complexity index is 605. The van der Waals surface area contributed by atoms with E-state index < -0.39 is 17.9 Å². The minimum absolute atomic E-state index is 0.177. The summed E-state index contributed by atoms with van der Waals surface area (Å²) in [5.74, 6) is 5.28. The first-order chi connectivity index (χ1) is 11.9. The van der Waals surface area contributed by atoms with Crippen molar-refractivity contribution in [3.63, 3.8) is 0 Å². The molecule has 1 amide bonds. The average molecular weight is 369 g/mol. The first-order valence-electron chi connectivity index (χ1n) is 8.44. The van der Waals surface area contributed by atoms with Crippen LogP contribution in [0.2, 0.25) is 0 Å². The number of halogens is 2. The monoisotopic (exact) mass is 369 g/mol. The zero-order valence-electron chi connectivity index (χ0n) is 14.6. The number of aliphatic hydroxyl groups is 1. The number of hydrogen-bond donors (Lipinski definition) is 2. The van der Waals surface area contributed by atoms with Gasteiger partial charge in [-0.05, 0) is 31.0 Å². The second-order valence-corrected chi connectivity index (χ2v) is 6.92. The van der Waals surface area contributed by atoms with Crippen molar-refractivity contribution in [3.8, 4) is 11.8 Å². The van der Waals surface area contributed by atoms with E-state index in [9.17, 15) is 18.7 Å². The molecule has 0 bridgehead atoms. The van der Waals surface area contributed by atoms with Crippen molar-refractivity contribution in [1.82, 2.24) is 5.32 Å². The van der Waals surface area contributed by atoms with Crippen LogP contribution in [0.25, 0.3) is 0 Å². The van der Waals surface area contributed by atoms with Crippen LogP contribution in [0.3, 0.4) is 0 Å². The van der Waals surface area contributed by atoms with Crippen LogP contribution in [0.1, 0.15) is 45.1 Å². The fraction of sp³-hybridized carbons (Fsp3) is 0.526. The highest BCUT2D eigenvalue weighted by molar-refractivity contribution is 7.99. The largest absolute Gasteiger partial charge is 0.378 e. The molecule has 25 heavy (non-hydrogen) atoms. The zero-order chi connectivity index (χ0) is 18.7. The first-order valence-corrected chi connectivity index (χ1v) is 9.43. The number of rotatable bonds is 9. The van der Waals surface area contributed by atoms with E-state index in [0.717, 1.165) is 23.3 Å². The molecule has 0 fully saturated rings. The van der Waals surface area contributed by atoms with E-state index in [0.29, 0.717) is 18.6 Å². The van der Waals surface area contributed by atoms with Crippen LogP contribution in [0.15, 0.2) is 29.2 Å². The van der Waals surface area contributed by atoms with Gasteiger partial charge in [0.15, 0.2) is 0 Å². The van der Waals surface area contributed by atoms with Gasteiger partial charge in [-0.15, -0.1) is 11.8 Å². The van der Waals surface area contributed by atoms with Crippen molar-refractivity contribution < 1.29 is 18.7 Å². The average Bonchev–Trinajstić information content (AvgIpc) is 2.57. The molecule has 0 atom stereocenters. The van der Waals surface area contributed by atoms with Crippen LogP contribution >= 0.6 is 11.8 Å². The lowest BCUT2D eigenvalue weighted by molar-refractivity contribution is -0.131. The third-order valence-electron chi connectivity index (χ3n) is 3.47. The van der Waals surface area contributed by atoms with E-state index in [1.165, 1.54) is 11.8 Å². The zero-order valence-corrected chi connectivity index (χ0v) is 15.5. The molecule has 0 aromatic heterocycles. The molecule has 138 valence electrons. The second kappa shape index (κ2) is 11.1. The summed E-state index contributed by atoms with van der Waals surface area (Å²) in [6.45, 7) is 4.22. The molecular weight excluding hydrogens is 344 g/mol. The molecule has 1 aromatic rings. The number of carbonyl (C=O) groups is 1. The maximum absolute atomic E-state index is 12.1. The van der Waals surface area contributed by atoms with Crippen LogP contribution in [0, 0.1) is 11.8 Å². The number of amides is 1. The molecule has 0 aliphatic carbocycles. The van der Waals surface area contributed by atoms with Gasteiger partial charge in [0.2, 0.25) is 0 Å². The van der Waals surface area contributed by atoms with Crippen molar-refractivity contribution in [2.45, 2.75) is 56.5 Å². The molecule has 3 nitrogen and oxygen atoms in total. The summed E-state index contributed by atoms with van der Waals surface area (Å²) < 4.78 is 24.1.